The summed E-state index contributed by atoms with van der Waals surface area (Å²) in [4.78, 5) is 12.4. The summed E-state index contributed by atoms with van der Waals surface area (Å²) in [5, 5.41) is 5.34. The molecule has 0 atom stereocenters. The van der Waals surface area contributed by atoms with E-state index in [4.69, 9.17) is 4.74 Å². The van der Waals surface area contributed by atoms with Crippen molar-refractivity contribution in [2.24, 2.45) is 0 Å². The Morgan fingerprint density at radius 1 is 1.15 bits per heavy atom. The Hall–Kier alpha value is -2.69. The van der Waals surface area contributed by atoms with Gasteiger partial charge in [-0.15, -0.1) is 0 Å². The molecule has 3 aromatic rings. The van der Waals surface area contributed by atoms with Gasteiger partial charge in [-0.25, -0.2) is 4.39 Å². The Morgan fingerprint density at radius 3 is 2.60 bits per heavy atom. The number of aromatic nitrogens is 2. The predicted molar refractivity (Wildman–Crippen MR) is 73.9 cm³/mol. The van der Waals surface area contributed by atoms with Crippen LogP contribution in [0.2, 0.25) is 0 Å². The Morgan fingerprint density at radius 2 is 1.90 bits per heavy atom. The highest BCUT2D eigenvalue weighted by atomic mass is 19.1. The molecule has 100 valence electrons. The molecule has 0 saturated carbocycles. The second kappa shape index (κ2) is 4.77. The summed E-state index contributed by atoms with van der Waals surface area (Å²) in [5.74, 6) is 0.246. The predicted octanol–water partition coefficient (Wildman–Crippen LogP) is 2.53. The average molecular weight is 270 g/mol. The molecule has 4 nitrogen and oxygen atoms in total. The number of halogens is 1. The normalized spacial score (nSPS) is 10.7. The largest absolute Gasteiger partial charge is 0.497 e. The molecule has 1 heterocycles. The van der Waals surface area contributed by atoms with Gasteiger partial charge in [0.1, 0.15) is 11.6 Å². The van der Waals surface area contributed by atoms with Crippen LogP contribution in [0.4, 0.5) is 4.39 Å². The van der Waals surface area contributed by atoms with Crippen LogP contribution in [0.15, 0.2) is 53.5 Å². The minimum atomic E-state index is -0.357. The number of fused-ring (bicyclic) bond motifs is 1. The first-order chi connectivity index (χ1) is 9.69. The second-order valence-electron chi connectivity index (χ2n) is 4.29. The molecular weight excluding hydrogens is 259 g/mol. The van der Waals surface area contributed by atoms with Gasteiger partial charge in [-0.05, 0) is 42.5 Å². The van der Waals surface area contributed by atoms with Crippen LogP contribution in [0.1, 0.15) is 0 Å². The summed E-state index contributed by atoms with van der Waals surface area (Å²) < 4.78 is 19.3. The third kappa shape index (κ3) is 2.03. The third-order valence-electron chi connectivity index (χ3n) is 3.07. The topological polar surface area (TPSA) is 44.1 Å². The third-order valence-corrected chi connectivity index (χ3v) is 3.07. The zero-order valence-corrected chi connectivity index (χ0v) is 10.7. The molecule has 0 aliphatic carbocycles. The van der Waals surface area contributed by atoms with E-state index >= 15 is 0 Å². The van der Waals surface area contributed by atoms with E-state index in [1.165, 1.54) is 28.9 Å². The van der Waals surface area contributed by atoms with Crippen molar-refractivity contribution < 1.29 is 9.13 Å². The van der Waals surface area contributed by atoms with E-state index in [2.05, 4.69) is 5.10 Å². The molecule has 0 bridgehead atoms. The van der Waals surface area contributed by atoms with E-state index in [-0.39, 0.29) is 11.4 Å². The fourth-order valence-electron chi connectivity index (χ4n) is 2.01. The fourth-order valence-corrected chi connectivity index (χ4v) is 2.01. The lowest BCUT2D eigenvalue weighted by Crippen LogP contribution is -2.20. The molecule has 0 radical (unpaired) electrons. The van der Waals surface area contributed by atoms with Crippen LogP contribution < -0.4 is 10.3 Å². The highest BCUT2D eigenvalue weighted by Gasteiger charge is 2.07. The smallest absolute Gasteiger partial charge is 0.279 e. The summed E-state index contributed by atoms with van der Waals surface area (Å²) >= 11 is 0. The number of hydrogen-bond acceptors (Lipinski definition) is 3. The molecule has 0 fully saturated rings. The van der Waals surface area contributed by atoms with Gasteiger partial charge >= 0.3 is 0 Å². The summed E-state index contributed by atoms with van der Waals surface area (Å²) in [6.07, 6.45) is 1.60. The van der Waals surface area contributed by atoms with Gasteiger partial charge in [0.2, 0.25) is 0 Å². The van der Waals surface area contributed by atoms with E-state index < -0.39 is 0 Å². The van der Waals surface area contributed by atoms with Crippen LogP contribution in [0.25, 0.3) is 16.5 Å². The fraction of sp³-hybridized carbons (Fsp3) is 0.0667. The Bertz CT molecular complexity index is 825. The number of rotatable bonds is 2. The van der Waals surface area contributed by atoms with Crippen molar-refractivity contribution in [2.75, 3.05) is 7.11 Å². The Labute approximate surface area is 114 Å². The molecule has 2 aromatic carbocycles. The average Bonchev–Trinajstić information content (AvgIpc) is 2.49. The Kier molecular flexibility index (Phi) is 2.95. The molecule has 0 spiro atoms. The van der Waals surface area contributed by atoms with Crippen LogP contribution in [-0.2, 0) is 0 Å². The molecule has 0 aliphatic heterocycles. The van der Waals surface area contributed by atoms with E-state index in [1.54, 1.807) is 31.5 Å². The number of hydrogen-bond donors (Lipinski definition) is 0. The summed E-state index contributed by atoms with van der Waals surface area (Å²) in [7, 11) is 1.54. The zero-order valence-electron chi connectivity index (χ0n) is 10.7. The van der Waals surface area contributed by atoms with Gasteiger partial charge in [0.25, 0.3) is 5.56 Å². The Balaban J connectivity index is 2.24. The molecule has 20 heavy (non-hydrogen) atoms. The molecule has 0 aliphatic rings. The number of nitrogens with zero attached hydrogens (tertiary/aromatic N) is 2. The van der Waals surface area contributed by atoms with Crippen molar-refractivity contribution in [1.82, 2.24) is 9.78 Å². The lowest BCUT2D eigenvalue weighted by molar-refractivity contribution is 0.415. The first-order valence-electron chi connectivity index (χ1n) is 6.01. The second-order valence-corrected chi connectivity index (χ2v) is 4.29. The number of methoxy groups -OCH3 is 1. The standard InChI is InChI=1S/C15H11FN2O2/c1-20-13-7-2-10-9-17-18(15(19)14(10)8-13)12-5-3-11(16)4-6-12/h2-9H,1H3. The van der Waals surface area contributed by atoms with Gasteiger partial charge in [0.15, 0.2) is 0 Å². The van der Waals surface area contributed by atoms with Gasteiger partial charge in [0, 0.05) is 5.39 Å². The summed E-state index contributed by atoms with van der Waals surface area (Å²) in [5.41, 5.74) is 0.245. The van der Waals surface area contributed by atoms with E-state index in [0.717, 1.165) is 5.39 Å². The molecule has 0 amide bonds. The minimum absolute atomic E-state index is 0.270. The lowest BCUT2D eigenvalue weighted by Gasteiger charge is -2.07. The van der Waals surface area contributed by atoms with Crippen LogP contribution in [-0.4, -0.2) is 16.9 Å². The van der Waals surface area contributed by atoms with Crippen LogP contribution in [0.5, 0.6) is 5.75 Å². The molecule has 3 rings (SSSR count). The van der Waals surface area contributed by atoms with Crippen molar-refractivity contribution in [2.45, 2.75) is 0 Å². The van der Waals surface area contributed by atoms with Crippen LogP contribution in [0, 0.1) is 5.82 Å². The summed E-state index contributed by atoms with van der Waals surface area (Å²) in [6, 6.07) is 10.8. The van der Waals surface area contributed by atoms with Gasteiger partial charge < -0.3 is 4.74 Å². The maximum absolute atomic E-state index is 12.9. The summed E-state index contributed by atoms with van der Waals surface area (Å²) in [6.45, 7) is 0. The van der Waals surface area contributed by atoms with Crippen molar-refractivity contribution >= 4 is 10.8 Å². The molecule has 0 saturated heterocycles. The van der Waals surface area contributed by atoms with Gasteiger partial charge in [-0.3, -0.25) is 4.79 Å². The van der Waals surface area contributed by atoms with E-state index in [9.17, 15) is 9.18 Å². The van der Waals surface area contributed by atoms with E-state index in [0.29, 0.717) is 16.8 Å². The van der Waals surface area contributed by atoms with Gasteiger partial charge in [-0.2, -0.15) is 9.78 Å². The van der Waals surface area contributed by atoms with Crippen molar-refractivity contribution in [1.29, 1.82) is 0 Å². The maximum Gasteiger partial charge on any atom is 0.279 e. The monoisotopic (exact) mass is 270 g/mol. The molecule has 5 heteroatoms. The quantitative estimate of drug-likeness (QED) is 0.718. The van der Waals surface area contributed by atoms with Crippen molar-refractivity contribution in [3.8, 4) is 11.4 Å². The molecular formula is C15H11FN2O2. The number of benzene rings is 2. The van der Waals surface area contributed by atoms with Crippen LogP contribution >= 0.6 is 0 Å². The van der Waals surface area contributed by atoms with Crippen molar-refractivity contribution in [3.63, 3.8) is 0 Å². The maximum atomic E-state index is 12.9. The van der Waals surface area contributed by atoms with Crippen molar-refractivity contribution in [3.05, 3.63) is 64.8 Å². The van der Waals surface area contributed by atoms with Gasteiger partial charge in [0.05, 0.1) is 24.4 Å². The van der Waals surface area contributed by atoms with E-state index in [1.807, 2.05) is 0 Å². The first kappa shape index (κ1) is 12.3. The molecule has 1 aromatic heterocycles. The number of ether oxygens (including phenoxy) is 1. The molecule has 0 N–H and O–H groups in total. The van der Waals surface area contributed by atoms with Gasteiger partial charge in [-0.1, -0.05) is 0 Å². The minimum Gasteiger partial charge on any atom is -0.497 e. The zero-order chi connectivity index (χ0) is 14.1. The molecule has 0 unspecified atom stereocenters. The van der Waals surface area contributed by atoms with Crippen LogP contribution in [0.3, 0.4) is 0 Å². The lowest BCUT2D eigenvalue weighted by atomic mass is 10.2. The SMILES string of the molecule is COc1ccc2cnn(-c3ccc(F)cc3)c(=O)c2c1. The highest BCUT2D eigenvalue weighted by Crippen LogP contribution is 2.17. The highest BCUT2D eigenvalue weighted by molar-refractivity contribution is 5.82. The first-order valence-corrected chi connectivity index (χ1v) is 6.01.